The number of nitrogens with zero attached hydrogens (tertiary/aromatic N) is 3. The zero-order chi connectivity index (χ0) is 25.5. The van der Waals surface area contributed by atoms with E-state index in [0.717, 1.165) is 28.8 Å². The van der Waals surface area contributed by atoms with Gasteiger partial charge in [-0.1, -0.05) is 28.1 Å². The van der Waals surface area contributed by atoms with Crippen molar-refractivity contribution in [3.63, 3.8) is 0 Å². The molecule has 1 aromatic heterocycles. The summed E-state index contributed by atoms with van der Waals surface area (Å²) in [5, 5.41) is 4.64. The highest BCUT2D eigenvalue weighted by Gasteiger charge is 2.32. The van der Waals surface area contributed by atoms with Crippen molar-refractivity contribution < 1.29 is 13.2 Å². The summed E-state index contributed by atoms with van der Waals surface area (Å²) in [6, 6.07) is 17.6. The van der Waals surface area contributed by atoms with Gasteiger partial charge < -0.3 is 15.5 Å². The van der Waals surface area contributed by atoms with Crippen LogP contribution in [0.2, 0.25) is 0 Å². The summed E-state index contributed by atoms with van der Waals surface area (Å²) in [6.07, 6.45) is 4.83. The van der Waals surface area contributed by atoms with Crippen molar-refractivity contribution in [1.29, 1.82) is 0 Å². The molecule has 8 nitrogen and oxygen atoms in total. The van der Waals surface area contributed by atoms with E-state index in [2.05, 4.69) is 55.2 Å². The minimum Gasteiger partial charge on any atom is -0.369 e. The van der Waals surface area contributed by atoms with Gasteiger partial charge in [0.25, 0.3) is 0 Å². The lowest BCUT2D eigenvalue weighted by molar-refractivity contribution is 0.251. The molecule has 10 heteroatoms. The summed E-state index contributed by atoms with van der Waals surface area (Å²) >= 11 is 3.45. The van der Waals surface area contributed by atoms with Crippen molar-refractivity contribution in [2.75, 3.05) is 36.4 Å². The van der Waals surface area contributed by atoms with Crippen molar-refractivity contribution in [2.45, 2.75) is 16.8 Å². The van der Waals surface area contributed by atoms with Crippen molar-refractivity contribution in [3.05, 3.63) is 95.7 Å². The highest BCUT2D eigenvalue weighted by Crippen LogP contribution is 2.25. The maximum atomic E-state index is 13.4. The molecule has 1 saturated heterocycles. The van der Waals surface area contributed by atoms with Crippen LogP contribution >= 0.6 is 15.9 Å². The SMILES string of the molecule is C=CC(N1CCN(c2ccc(Br)cc2)CC1)S(=O)(=O)c1ccc(NC(=O)NCc2cccnc2)cc1. The molecule has 188 valence electrons. The molecule has 0 spiro atoms. The molecule has 2 N–H and O–H groups in total. The normalized spacial score (nSPS) is 15.2. The van der Waals surface area contributed by atoms with E-state index in [9.17, 15) is 13.2 Å². The summed E-state index contributed by atoms with van der Waals surface area (Å²) in [6.45, 7) is 6.78. The first-order valence-corrected chi connectivity index (χ1v) is 13.9. The number of anilines is 2. The highest BCUT2D eigenvalue weighted by molar-refractivity contribution is 9.10. The fourth-order valence-electron chi connectivity index (χ4n) is 4.09. The topological polar surface area (TPSA) is 94.6 Å². The van der Waals surface area contributed by atoms with Gasteiger partial charge in [-0.05, 0) is 60.2 Å². The average molecular weight is 571 g/mol. The Labute approximate surface area is 220 Å². The van der Waals surface area contributed by atoms with Crippen molar-refractivity contribution in [2.24, 2.45) is 0 Å². The maximum absolute atomic E-state index is 13.4. The molecule has 0 bridgehead atoms. The molecule has 4 rings (SSSR count). The van der Waals surface area contributed by atoms with Gasteiger partial charge in [-0.15, -0.1) is 6.58 Å². The summed E-state index contributed by atoms with van der Waals surface area (Å²) < 4.78 is 27.8. The molecule has 1 aliphatic rings. The molecule has 3 aromatic rings. The Bertz CT molecular complexity index is 1280. The van der Waals surface area contributed by atoms with E-state index in [0.29, 0.717) is 25.3 Å². The van der Waals surface area contributed by atoms with Crippen LogP contribution in [0.15, 0.2) is 95.1 Å². The first kappa shape index (κ1) is 25.9. The van der Waals surface area contributed by atoms with Gasteiger partial charge >= 0.3 is 6.03 Å². The predicted octanol–water partition coefficient (Wildman–Crippen LogP) is 4.27. The van der Waals surface area contributed by atoms with Crippen LogP contribution < -0.4 is 15.5 Å². The van der Waals surface area contributed by atoms with Crippen LogP contribution in [0.3, 0.4) is 0 Å². The number of halogens is 1. The molecule has 1 atom stereocenters. The Morgan fingerprint density at radius 3 is 2.36 bits per heavy atom. The number of pyridine rings is 1. The van der Waals surface area contributed by atoms with E-state index >= 15 is 0 Å². The lowest BCUT2D eigenvalue weighted by Gasteiger charge is -2.39. The highest BCUT2D eigenvalue weighted by atomic mass is 79.9. The van der Waals surface area contributed by atoms with E-state index in [-0.39, 0.29) is 10.9 Å². The Morgan fingerprint density at radius 1 is 1.06 bits per heavy atom. The molecule has 2 amide bonds. The van der Waals surface area contributed by atoms with Crippen LogP contribution in [0.1, 0.15) is 5.56 Å². The maximum Gasteiger partial charge on any atom is 0.319 e. The fraction of sp³-hybridized carbons (Fsp3) is 0.231. The van der Waals surface area contributed by atoms with Gasteiger partial charge in [-0.3, -0.25) is 9.88 Å². The van der Waals surface area contributed by atoms with Crippen LogP contribution in [0.5, 0.6) is 0 Å². The van der Waals surface area contributed by atoms with E-state index < -0.39 is 15.2 Å². The number of urea groups is 1. The molecule has 0 radical (unpaired) electrons. The van der Waals surface area contributed by atoms with E-state index in [1.165, 1.54) is 18.2 Å². The number of carbonyl (C=O) groups is 1. The number of nitrogens with one attached hydrogen (secondary N) is 2. The Hall–Kier alpha value is -3.21. The molecular formula is C26H28BrN5O3S. The molecular weight excluding hydrogens is 542 g/mol. The molecule has 0 saturated carbocycles. The largest absolute Gasteiger partial charge is 0.369 e. The third-order valence-electron chi connectivity index (χ3n) is 6.00. The summed E-state index contributed by atoms with van der Waals surface area (Å²) in [5.74, 6) is 0. The number of hydrogen-bond acceptors (Lipinski definition) is 6. The van der Waals surface area contributed by atoms with E-state index in [4.69, 9.17) is 0 Å². The number of amides is 2. The van der Waals surface area contributed by atoms with Crippen molar-refractivity contribution in [1.82, 2.24) is 15.2 Å². The first-order valence-electron chi connectivity index (χ1n) is 11.5. The third-order valence-corrected chi connectivity index (χ3v) is 8.59. The van der Waals surface area contributed by atoms with Gasteiger partial charge in [0.2, 0.25) is 0 Å². The third kappa shape index (κ3) is 6.31. The first-order chi connectivity index (χ1) is 17.4. The minimum atomic E-state index is -3.68. The summed E-state index contributed by atoms with van der Waals surface area (Å²) in [4.78, 5) is 20.6. The number of benzene rings is 2. The van der Waals surface area contributed by atoms with Gasteiger partial charge in [0.15, 0.2) is 9.84 Å². The second kappa shape index (κ2) is 11.7. The molecule has 1 aliphatic heterocycles. The molecule has 36 heavy (non-hydrogen) atoms. The van der Waals surface area contributed by atoms with Crippen LogP contribution in [0, 0.1) is 0 Å². The Kier molecular flexibility index (Phi) is 8.40. The standard InChI is InChI=1S/C26H28BrN5O3S/c1-2-25(32-16-14-31(15-17-32)23-9-5-21(27)6-10-23)36(34,35)24-11-7-22(8-12-24)30-26(33)29-19-20-4-3-13-28-18-20/h2-13,18,25H,1,14-17,19H2,(H2,29,30,33). The van der Waals surface area contributed by atoms with Gasteiger partial charge in [-0.2, -0.15) is 0 Å². The smallest absolute Gasteiger partial charge is 0.319 e. The number of aromatic nitrogens is 1. The number of rotatable bonds is 8. The van der Waals surface area contributed by atoms with Crippen LogP contribution in [0.25, 0.3) is 0 Å². The molecule has 2 aromatic carbocycles. The Morgan fingerprint density at radius 2 is 1.75 bits per heavy atom. The van der Waals surface area contributed by atoms with Gasteiger partial charge in [0.05, 0.1) is 4.90 Å². The Balaban J connectivity index is 1.35. The minimum absolute atomic E-state index is 0.184. The average Bonchev–Trinajstić information content (AvgIpc) is 2.90. The lowest BCUT2D eigenvalue weighted by atomic mass is 10.2. The van der Waals surface area contributed by atoms with Crippen LogP contribution in [-0.2, 0) is 16.4 Å². The summed E-state index contributed by atoms with van der Waals surface area (Å²) in [5.41, 5.74) is 2.49. The zero-order valence-corrected chi connectivity index (χ0v) is 22.1. The molecule has 2 heterocycles. The zero-order valence-electron chi connectivity index (χ0n) is 19.7. The number of piperazine rings is 1. The number of hydrogen-bond donors (Lipinski definition) is 2. The van der Waals surface area contributed by atoms with Gasteiger partial charge in [-0.25, -0.2) is 13.2 Å². The summed E-state index contributed by atoms with van der Waals surface area (Å²) in [7, 11) is -3.68. The fourth-order valence-corrected chi connectivity index (χ4v) is 6.00. The number of carbonyl (C=O) groups excluding carboxylic acids is 1. The molecule has 1 unspecified atom stereocenters. The van der Waals surface area contributed by atoms with Crippen molar-refractivity contribution in [3.8, 4) is 0 Å². The second-order valence-corrected chi connectivity index (χ2v) is 11.3. The second-order valence-electron chi connectivity index (χ2n) is 8.36. The molecule has 1 fully saturated rings. The quantitative estimate of drug-likeness (QED) is 0.393. The van der Waals surface area contributed by atoms with Gasteiger partial charge in [0.1, 0.15) is 5.37 Å². The van der Waals surface area contributed by atoms with Gasteiger partial charge in [0, 0.05) is 61.0 Å². The van der Waals surface area contributed by atoms with E-state index in [1.807, 2.05) is 23.1 Å². The van der Waals surface area contributed by atoms with Crippen LogP contribution in [-0.4, -0.2) is 55.9 Å². The number of sulfone groups is 1. The van der Waals surface area contributed by atoms with Crippen LogP contribution in [0.4, 0.5) is 16.2 Å². The monoisotopic (exact) mass is 569 g/mol. The lowest BCUT2D eigenvalue weighted by Crippen LogP contribution is -2.52. The van der Waals surface area contributed by atoms with E-state index in [1.54, 1.807) is 30.6 Å². The van der Waals surface area contributed by atoms with Crippen molar-refractivity contribution >= 4 is 43.2 Å². The predicted molar refractivity (Wildman–Crippen MR) is 146 cm³/mol. The molecule has 0 aliphatic carbocycles.